The van der Waals surface area contributed by atoms with Gasteiger partial charge in [0.15, 0.2) is 5.21 Å². The van der Waals surface area contributed by atoms with Crippen LogP contribution in [0.15, 0.2) is 30.0 Å². The van der Waals surface area contributed by atoms with Gasteiger partial charge in [0.2, 0.25) is 5.72 Å². The summed E-state index contributed by atoms with van der Waals surface area (Å²) in [5.41, 5.74) is -0.755. The number of ether oxygens (including phenoxy) is 3. The molecule has 0 radical (unpaired) electrons. The lowest BCUT2D eigenvalue weighted by Gasteiger charge is -2.29. The standard InChI is InChI=1S/C10H14N4O3.ClH/c1-15-8-4-9(16-2)6-10(5-8,17-3)14-7-11-12-13-14;/h4-5,7H,6H2,1-3H3;1H. The van der Waals surface area contributed by atoms with Crippen molar-refractivity contribution in [1.82, 2.24) is 15.5 Å². The summed E-state index contributed by atoms with van der Waals surface area (Å²) in [5, 5.41) is 10.1. The minimum Gasteiger partial charge on any atom is -1.00 e. The van der Waals surface area contributed by atoms with Gasteiger partial charge in [0.1, 0.15) is 16.6 Å². The van der Waals surface area contributed by atoms with E-state index in [4.69, 9.17) is 14.2 Å². The molecule has 7 nitrogen and oxygen atoms in total. The van der Waals surface area contributed by atoms with Crippen LogP contribution in [0.1, 0.15) is 6.42 Å². The van der Waals surface area contributed by atoms with Crippen LogP contribution in [-0.2, 0) is 19.9 Å². The lowest BCUT2D eigenvalue weighted by molar-refractivity contribution is -0.842. The molecule has 8 heteroatoms. The second-order valence-corrected chi connectivity index (χ2v) is 3.59. The second-order valence-electron chi connectivity index (χ2n) is 3.59. The van der Waals surface area contributed by atoms with Gasteiger partial charge < -0.3 is 26.6 Å². The van der Waals surface area contributed by atoms with E-state index in [1.807, 2.05) is 12.2 Å². The van der Waals surface area contributed by atoms with Gasteiger partial charge in [-0.3, -0.25) is 0 Å². The highest BCUT2D eigenvalue weighted by molar-refractivity contribution is 5.23. The number of tetrazole rings is 1. The van der Waals surface area contributed by atoms with Gasteiger partial charge in [-0.1, -0.05) is 5.21 Å². The van der Waals surface area contributed by atoms with Crippen LogP contribution in [0.3, 0.4) is 0 Å². The van der Waals surface area contributed by atoms with E-state index in [2.05, 4.69) is 15.5 Å². The maximum Gasteiger partial charge on any atom is 0.291 e. The van der Waals surface area contributed by atoms with Crippen LogP contribution in [0.25, 0.3) is 0 Å². The smallest absolute Gasteiger partial charge is 0.291 e. The molecule has 1 unspecified atom stereocenters. The largest absolute Gasteiger partial charge is 1.00 e. The molecule has 0 fully saturated rings. The van der Waals surface area contributed by atoms with Crippen molar-refractivity contribution in [3.63, 3.8) is 0 Å². The summed E-state index contributed by atoms with van der Waals surface area (Å²) < 4.78 is 17.7. The summed E-state index contributed by atoms with van der Waals surface area (Å²) in [6.07, 6.45) is 5.74. The molecule has 0 spiro atoms. The Morgan fingerprint density at radius 1 is 1.33 bits per heavy atom. The number of halogens is 1. The van der Waals surface area contributed by atoms with Gasteiger partial charge in [-0.25, -0.2) is 0 Å². The molecule has 0 aliphatic heterocycles. The maximum atomic E-state index is 5.56. The van der Waals surface area contributed by atoms with Crippen LogP contribution in [0.2, 0.25) is 0 Å². The monoisotopic (exact) mass is 274 g/mol. The van der Waals surface area contributed by atoms with Crippen molar-refractivity contribution in [2.24, 2.45) is 0 Å². The summed E-state index contributed by atoms with van der Waals surface area (Å²) in [6, 6.07) is 0. The maximum absolute atomic E-state index is 5.56. The Kier molecular flexibility index (Phi) is 4.69. The molecule has 0 aromatic carbocycles. The van der Waals surface area contributed by atoms with Crippen molar-refractivity contribution in [2.45, 2.75) is 12.1 Å². The van der Waals surface area contributed by atoms with Crippen molar-refractivity contribution in [1.29, 1.82) is 0 Å². The molecule has 1 aromatic rings. The van der Waals surface area contributed by atoms with Crippen LogP contribution < -0.4 is 17.1 Å². The fourth-order valence-corrected chi connectivity index (χ4v) is 1.77. The molecule has 1 atom stereocenters. The SMILES string of the molecule is COC1=CC(OC)([n+]2cnn[nH]2)CC(OC)=C1.[Cl-]. The molecule has 1 aliphatic rings. The van der Waals surface area contributed by atoms with Crippen LogP contribution in [0.5, 0.6) is 0 Å². The number of allylic oxidation sites excluding steroid dienone is 1. The lowest BCUT2D eigenvalue weighted by atomic mass is 10.0. The average molecular weight is 275 g/mol. The topological polar surface area (TPSA) is 73.1 Å². The third-order valence-corrected chi connectivity index (χ3v) is 2.74. The van der Waals surface area contributed by atoms with Gasteiger partial charge >= 0.3 is 0 Å². The number of hydrogen-bond acceptors (Lipinski definition) is 5. The van der Waals surface area contributed by atoms with Crippen molar-refractivity contribution in [3.8, 4) is 0 Å². The molecule has 100 valence electrons. The zero-order chi connectivity index (χ0) is 12.3. The van der Waals surface area contributed by atoms with E-state index >= 15 is 0 Å². The third kappa shape index (κ3) is 2.46. The fourth-order valence-electron chi connectivity index (χ4n) is 1.77. The van der Waals surface area contributed by atoms with Gasteiger partial charge in [-0.2, -0.15) is 0 Å². The Hall–Kier alpha value is -1.60. The number of nitrogens with zero attached hydrogens (tertiary/aromatic N) is 3. The zero-order valence-corrected chi connectivity index (χ0v) is 11.1. The third-order valence-electron chi connectivity index (χ3n) is 2.74. The normalized spacial score (nSPS) is 22.6. The first-order valence-corrected chi connectivity index (χ1v) is 5.09. The molecule has 0 saturated carbocycles. The number of H-pyrrole nitrogens is 1. The van der Waals surface area contributed by atoms with Crippen LogP contribution in [-0.4, -0.2) is 36.9 Å². The molecule has 1 aliphatic carbocycles. The van der Waals surface area contributed by atoms with Gasteiger partial charge in [0.05, 0.1) is 20.6 Å². The van der Waals surface area contributed by atoms with E-state index in [1.54, 1.807) is 32.3 Å². The number of nitrogens with one attached hydrogen (secondary N) is 1. The van der Waals surface area contributed by atoms with E-state index in [1.165, 1.54) is 0 Å². The first kappa shape index (κ1) is 14.5. The van der Waals surface area contributed by atoms with Gasteiger partial charge in [-0.15, -0.1) is 4.68 Å². The Labute approximate surface area is 111 Å². The fraction of sp³-hybridized carbons (Fsp3) is 0.500. The van der Waals surface area contributed by atoms with Crippen LogP contribution in [0.4, 0.5) is 0 Å². The number of methoxy groups -OCH3 is 3. The molecule has 1 heterocycles. The summed E-state index contributed by atoms with van der Waals surface area (Å²) in [7, 11) is 4.81. The van der Waals surface area contributed by atoms with Gasteiger partial charge in [0, 0.05) is 19.3 Å². The van der Waals surface area contributed by atoms with Crippen molar-refractivity contribution < 1.29 is 31.3 Å². The Balaban J connectivity index is 0.00000162. The van der Waals surface area contributed by atoms with Crippen molar-refractivity contribution in [3.05, 3.63) is 30.0 Å². The van der Waals surface area contributed by atoms with E-state index in [0.717, 1.165) is 5.76 Å². The summed E-state index contributed by atoms with van der Waals surface area (Å²) in [5.74, 6) is 1.42. The first-order chi connectivity index (χ1) is 8.24. The minimum absolute atomic E-state index is 0. The van der Waals surface area contributed by atoms with E-state index in [-0.39, 0.29) is 12.4 Å². The second kappa shape index (κ2) is 5.83. The molecular weight excluding hydrogens is 260 g/mol. The Morgan fingerprint density at radius 3 is 2.61 bits per heavy atom. The summed E-state index contributed by atoms with van der Waals surface area (Å²) in [6.45, 7) is 0. The highest BCUT2D eigenvalue weighted by Gasteiger charge is 2.40. The molecule has 0 amide bonds. The number of aromatic nitrogens is 4. The predicted octanol–water partition coefficient (Wildman–Crippen LogP) is -3.14. The number of hydrogen-bond donors (Lipinski definition) is 1. The molecule has 0 bridgehead atoms. The Morgan fingerprint density at radius 2 is 2.11 bits per heavy atom. The van der Waals surface area contributed by atoms with Gasteiger partial charge in [-0.05, 0) is 0 Å². The molecule has 2 rings (SSSR count). The average Bonchev–Trinajstić information content (AvgIpc) is 2.92. The number of aromatic amines is 1. The molecular formula is C10H15ClN4O3. The van der Waals surface area contributed by atoms with Crippen LogP contribution >= 0.6 is 0 Å². The van der Waals surface area contributed by atoms with Gasteiger partial charge in [0.25, 0.3) is 6.33 Å². The van der Waals surface area contributed by atoms with Crippen LogP contribution in [0, 0.1) is 0 Å². The predicted molar refractivity (Wildman–Crippen MR) is 56.4 cm³/mol. The lowest BCUT2D eigenvalue weighted by Crippen LogP contribution is -3.00. The summed E-state index contributed by atoms with van der Waals surface area (Å²) >= 11 is 0. The van der Waals surface area contributed by atoms with E-state index in [0.29, 0.717) is 12.2 Å². The molecule has 18 heavy (non-hydrogen) atoms. The number of rotatable bonds is 4. The Bertz CT molecular complexity index is 446. The highest BCUT2D eigenvalue weighted by atomic mass is 35.5. The quantitative estimate of drug-likeness (QED) is 0.588. The molecule has 0 saturated heterocycles. The molecule has 1 aromatic heterocycles. The van der Waals surface area contributed by atoms with Crippen molar-refractivity contribution in [2.75, 3.05) is 21.3 Å². The highest BCUT2D eigenvalue weighted by Crippen LogP contribution is 2.29. The molecule has 1 N–H and O–H groups in total. The first-order valence-electron chi connectivity index (χ1n) is 5.09. The van der Waals surface area contributed by atoms with E-state index < -0.39 is 5.72 Å². The summed E-state index contributed by atoms with van der Waals surface area (Å²) in [4.78, 5) is 0. The minimum atomic E-state index is -0.755. The van der Waals surface area contributed by atoms with E-state index in [9.17, 15) is 0 Å². The zero-order valence-electron chi connectivity index (χ0n) is 10.4. The van der Waals surface area contributed by atoms with Crippen molar-refractivity contribution >= 4 is 0 Å².